The molecule has 3 rings (SSSR count). The number of piperazine rings is 1. The highest BCUT2D eigenvalue weighted by Gasteiger charge is 2.19. The highest BCUT2D eigenvalue weighted by Crippen LogP contribution is 2.23. The Morgan fingerprint density at radius 2 is 1.85 bits per heavy atom. The molecule has 1 aliphatic heterocycles. The number of anilines is 2. The van der Waals surface area contributed by atoms with Gasteiger partial charge in [-0.3, -0.25) is 9.78 Å². The zero-order valence-electron chi connectivity index (χ0n) is 15.5. The number of hydrogen-bond donors (Lipinski definition) is 1. The van der Waals surface area contributed by atoms with Crippen molar-refractivity contribution in [3.05, 3.63) is 53.3 Å². The number of nitrogens with zero attached hydrogens (tertiary/aromatic N) is 3. The van der Waals surface area contributed by atoms with Crippen LogP contribution in [-0.4, -0.2) is 57.3 Å². The van der Waals surface area contributed by atoms with E-state index in [4.69, 9.17) is 16.3 Å². The van der Waals surface area contributed by atoms with Gasteiger partial charge in [-0.2, -0.15) is 0 Å². The van der Waals surface area contributed by atoms with Crippen molar-refractivity contribution in [2.45, 2.75) is 6.42 Å². The van der Waals surface area contributed by atoms with Crippen LogP contribution in [0.3, 0.4) is 0 Å². The molecule has 2 heterocycles. The lowest BCUT2D eigenvalue weighted by Crippen LogP contribution is -2.46. The summed E-state index contributed by atoms with van der Waals surface area (Å²) in [4.78, 5) is 21.1. The Morgan fingerprint density at radius 1 is 1.15 bits per heavy atom. The Morgan fingerprint density at radius 3 is 2.52 bits per heavy atom. The van der Waals surface area contributed by atoms with E-state index in [1.165, 1.54) is 0 Å². The molecule has 0 unspecified atom stereocenters. The zero-order chi connectivity index (χ0) is 19.1. The number of amides is 1. The average molecular weight is 389 g/mol. The predicted molar refractivity (Wildman–Crippen MR) is 109 cm³/mol. The van der Waals surface area contributed by atoms with E-state index in [1.807, 2.05) is 30.3 Å². The summed E-state index contributed by atoms with van der Waals surface area (Å²) in [5.41, 5.74) is 2.62. The van der Waals surface area contributed by atoms with Gasteiger partial charge in [0, 0.05) is 69.0 Å². The van der Waals surface area contributed by atoms with Crippen LogP contribution >= 0.6 is 11.6 Å². The molecule has 1 aliphatic rings. The lowest BCUT2D eigenvalue weighted by Gasteiger charge is -2.37. The molecule has 0 saturated carbocycles. The summed E-state index contributed by atoms with van der Waals surface area (Å²) < 4.78 is 4.99. The van der Waals surface area contributed by atoms with Crippen LogP contribution in [0, 0.1) is 0 Å². The fourth-order valence-electron chi connectivity index (χ4n) is 3.14. The fourth-order valence-corrected chi connectivity index (χ4v) is 3.33. The molecule has 7 heteroatoms. The summed E-state index contributed by atoms with van der Waals surface area (Å²) in [5, 5.41) is 3.63. The molecule has 1 N–H and O–H groups in total. The molecule has 1 aromatic heterocycles. The maximum absolute atomic E-state index is 12.3. The van der Waals surface area contributed by atoms with Crippen LogP contribution in [0.15, 0.2) is 42.6 Å². The number of carbonyl (C=O) groups excluding carboxylic acids is 1. The Kier molecular flexibility index (Phi) is 6.90. The van der Waals surface area contributed by atoms with Gasteiger partial charge in [0.05, 0.1) is 0 Å². The SMILES string of the molecule is COCCCNC(=O)c1cc(N2CCN(c3cccc(Cl)c3)CC2)ccn1. The van der Waals surface area contributed by atoms with Gasteiger partial charge in [-0.15, -0.1) is 0 Å². The first-order valence-corrected chi connectivity index (χ1v) is 9.54. The van der Waals surface area contributed by atoms with E-state index < -0.39 is 0 Å². The Bertz CT molecular complexity index is 763. The van der Waals surface area contributed by atoms with Crippen molar-refractivity contribution in [1.82, 2.24) is 10.3 Å². The van der Waals surface area contributed by atoms with E-state index in [0.29, 0.717) is 18.8 Å². The van der Waals surface area contributed by atoms with Crippen molar-refractivity contribution < 1.29 is 9.53 Å². The van der Waals surface area contributed by atoms with Crippen LogP contribution in [0.2, 0.25) is 5.02 Å². The Balaban J connectivity index is 1.57. The maximum atomic E-state index is 12.3. The Hall–Kier alpha value is -2.31. The van der Waals surface area contributed by atoms with E-state index in [-0.39, 0.29) is 5.91 Å². The van der Waals surface area contributed by atoms with E-state index in [2.05, 4.69) is 26.2 Å². The van der Waals surface area contributed by atoms with Gasteiger partial charge >= 0.3 is 0 Å². The molecule has 0 spiro atoms. The molecule has 0 radical (unpaired) electrons. The number of aromatic nitrogens is 1. The van der Waals surface area contributed by atoms with E-state index in [1.54, 1.807) is 13.3 Å². The zero-order valence-corrected chi connectivity index (χ0v) is 16.3. The van der Waals surface area contributed by atoms with Crippen LogP contribution in [0.25, 0.3) is 0 Å². The predicted octanol–water partition coefficient (Wildman–Crippen LogP) is 2.83. The first kappa shape index (κ1) is 19.5. The first-order valence-electron chi connectivity index (χ1n) is 9.16. The summed E-state index contributed by atoms with van der Waals surface area (Å²) in [5.74, 6) is -0.148. The number of nitrogens with one attached hydrogen (secondary N) is 1. The molecule has 0 bridgehead atoms. The van der Waals surface area contributed by atoms with Crippen LogP contribution in [0.4, 0.5) is 11.4 Å². The number of pyridine rings is 1. The lowest BCUT2D eigenvalue weighted by molar-refractivity contribution is 0.0943. The van der Waals surface area contributed by atoms with Gasteiger partial charge in [0.25, 0.3) is 5.91 Å². The molecular formula is C20H25ClN4O2. The van der Waals surface area contributed by atoms with E-state index in [9.17, 15) is 4.79 Å². The summed E-state index contributed by atoms with van der Waals surface area (Å²) in [6.07, 6.45) is 2.48. The number of halogens is 1. The second kappa shape index (κ2) is 9.58. The van der Waals surface area contributed by atoms with Gasteiger partial charge in [-0.1, -0.05) is 17.7 Å². The number of benzene rings is 1. The molecule has 1 fully saturated rings. The maximum Gasteiger partial charge on any atom is 0.269 e. The van der Waals surface area contributed by atoms with Crippen molar-refractivity contribution in [3.8, 4) is 0 Å². The molecule has 0 atom stereocenters. The van der Waals surface area contributed by atoms with Crippen molar-refractivity contribution in [1.29, 1.82) is 0 Å². The van der Waals surface area contributed by atoms with Gasteiger partial charge in [-0.25, -0.2) is 0 Å². The van der Waals surface area contributed by atoms with E-state index in [0.717, 1.165) is 49.0 Å². The topological polar surface area (TPSA) is 57.7 Å². The second-order valence-electron chi connectivity index (χ2n) is 6.46. The van der Waals surface area contributed by atoms with Crippen molar-refractivity contribution in [2.24, 2.45) is 0 Å². The molecule has 6 nitrogen and oxygen atoms in total. The number of hydrogen-bond acceptors (Lipinski definition) is 5. The molecule has 1 saturated heterocycles. The molecule has 144 valence electrons. The minimum absolute atomic E-state index is 0.148. The number of ether oxygens (including phenoxy) is 1. The smallest absolute Gasteiger partial charge is 0.269 e. The molecule has 1 aromatic carbocycles. The monoisotopic (exact) mass is 388 g/mol. The first-order chi connectivity index (χ1) is 13.2. The van der Waals surface area contributed by atoms with Gasteiger partial charge in [0.2, 0.25) is 0 Å². The summed E-state index contributed by atoms with van der Waals surface area (Å²) in [7, 11) is 1.65. The van der Waals surface area contributed by atoms with Crippen LogP contribution in [-0.2, 0) is 4.74 Å². The standard InChI is InChI=1S/C20H25ClN4O2/c1-27-13-3-7-23-20(26)19-15-18(6-8-22-19)25-11-9-24(10-12-25)17-5-2-4-16(21)14-17/h2,4-6,8,14-15H,3,7,9-13H2,1H3,(H,23,26). The lowest BCUT2D eigenvalue weighted by atomic mass is 10.2. The van der Waals surface area contributed by atoms with Gasteiger partial charge in [-0.05, 0) is 36.8 Å². The van der Waals surface area contributed by atoms with E-state index >= 15 is 0 Å². The third kappa shape index (κ3) is 5.34. The number of rotatable bonds is 7. The molecule has 27 heavy (non-hydrogen) atoms. The normalized spacial score (nSPS) is 14.3. The van der Waals surface area contributed by atoms with Gasteiger partial charge in [0.1, 0.15) is 5.69 Å². The van der Waals surface area contributed by atoms with Gasteiger partial charge in [0.15, 0.2) is 0 Å². The van der Waals surface area contributed by atoms with Crippen molar-refractivity contribution in [2.75, 3.05) is 56.2 Å². The second-order valence-corrected chi connectivity index (χ2v) is 6.89. The fraction of sp³-hybridized carbons (Fsp3) is 0.400. The summed E-state index contributed by atoms with van der Waals surface area (Å²) in [6.45, 7) is 4.78. The van der Waals surface area contributed by atoms with Crippen LogP contribution in [0.5, 0.6) is 0 Å². The van der Waals surface area contributed by atoms with Crippen molar-refractivity contribution >= 4 is 28.9 Å². The van der Waals surface area contributed by atoms with Crippen molar-refractivity contribution in [3.63, 3.8) is 0 Å². The highest BCUT2D eigenvalue weighted by atomic mass is 35.5. The largest absolute Gasteiger partial charge is 0.385 e. The average Bonchev–Trinajstić information content (AvgIpc) is 2.71. The summed E-state index contributed by atoms with van der Waals surface area (Å²) in [6, 6.07) is 11.8. The number of methoxy groups -OCH3 is 1. The Labute approximate surface area is 165 Å². The molecular weight excluding hydrogens is 364 g/mol. The molecule has 1 amide bonds. The third-order valence-corrected chi connectivity index (χ3v) is 4.84. The quantitative estimate of drug-likeness (QED) is 0.739. The molecule has 2 aromatic rings. The van der Waals surface area contributed by atoms with Gasteiger partial charge < -0.3 is 19.9 Å². The van der Waals surface area contributed by atoms with Crippen LogP contribution < -0.4 is 15.1 Å². The van der Waals surface area contributed by atoms with Crippen LogP contribution in [0.1, 0.15) is 16.9 Å². The highest BCUT2D eigenvalue weighted by molar-refractivity contribution is 6.30. The summed E-state index contributed by atoms with van der Waals surface area (Å²) >= 11 is 6.10. The number of carbonyl (C=O) groups is 1. The minimum atomic E-state index is -0.148. The minimum Gasteiger partial charge on any atom is -0.385 e. The third-order valence-electron chi connectivity index (χ3n) is 4.61. The molecule has 0 aliphatic carbocycles.